The highest BCUT2D eigenvalue weighted by Crippen LogP contribution is 2.39. The standard InChI is InChI=1S/C31H25F3N4O6/c1-15-26(18-7-5-16(32)11-19(18)33)29(39)27(22(36-15)14-41-2)30(40)37-17-6-8-23(20(34)12-17)44-24-9-10-35-21-13-25(42-3)31(43-4)38-28(21)24/h5-13H,14H2,1-4H3,(H,36,39)(H,37,40). The summed E-state index contributed by atoms with van der Waals surface area (Å²) in [5.74, 6) is -3.52. The van der Waals surface area contributed by atoms with Gasteiger partial charge in [-0.25, -0.2) is 18.2 Å². The summed E-state index contributed by atoms with van der Waals surface area (Å²) in [6.07, 6.45) is 1.46. The monoisotopic (exact) mass is 606 g/mol. The fraction of sp³-hybridized carbons (Fsp3) is 0.161. The van der Waals surface area contributed by atoms with Gasteiger partial charge < -0.3 is 29.4 Å². The van der Waals surface area contributed by atoms with Crippen LogP contribution in [0.3, 0.4) is 0 Å². The van der Waals surface area contributed by atoms with E-state index in [1.807, 2.05) is 0 Å². The lowest BCUT2D eigenvalue weighted by Crippen LogP contribution is -2.17. The average Bonchev–Trinajstić information content (AvgIpc) is 2.99. The summed E-state index contributed by atoms with van der Waals surface area (Å²) in [7, 11) is 4.25. The Labute approximate surface area is 249 Å². The molecule has 226 valence electrons. The molecule has 3 heterocycles. The van der Waals surface area contributed by atoms with E-state index >= 15 is 4.39 Å². The number of pyridine rings is 3. The van der Waals surface area contributed by atoms with Gasteiger partial charge in [0.2, 0.25) is 0 Å². The molecule has 0 saturated heterocycles. The molecule has 0 atom stereocenters. The lowest BCUT2D eigenvalue weighted by Gasteiger charge is -2.17. The highest BCUT2D eigenvalue weighted by Gasteiger charge is 2.26. The molecule has 0 aliphatic rings. The second-order valence-corrected chi connectivity index (χ2v) is 9.38. The molecule has 5 aromatic rings. The molecule has 0 aliphatic carbocycles. The van der Waals surface area contributed by atoms with Crippen LogP contribution in [-0.2, 0) is 11.3 Å². The van der Waals surface area contributed by atoms with Crippen molar-refractivity contribution >= 4 is 22.6 Å². The van der Waals surface area contributed by atoms with Crippen molar-refractivity contribution in [1.82, 2.24) is 15.0 Å². The molecule has 0 saturated carbocycles. The molecule has 0 fully saturated rings. The van der Waals surface area contributed by atoms with Crippen LogP contribution in [0.2, 0.25) is 0 Å². The molecule has 0 aliphatic heterocycles. The second-order valence-electron chi connectivity index (χ2n) is 9.38. The maximum atomic E-state index is 15.2. The number of benzene rings is 2. The Balaban J connectivity index is 1.46. The smallest absolute Gasteiger partial charge is 0.261 e. The maximum absolute atomic E-state index is 15.2. The fourth-order valence-corrected chi connectivity index (χ4v) is 4.60. The zero-order chi connectivity index (χ0) is 31.5. The van der Waals surface area contributed by atoms with Crippen LogP contribution in [0.25, 0.3) is 22.2 Å². The summed E-state index contributed by atoms with van der Waals surface area (Å²) in [4.78, 5) is 26.3. The number of ether oxygens (including phenoxy) is 4. The van der Waals surface area contributed by atoms with Crippen LogP contribution in [0.5, 0.6) is 28.9 Å². The molecule has 1 amide bonds. The number of halogens is 3. The van der Waals surface area contributed by atoms with Crippen LogP contribution in [0.1, 0.15) is 21.7 Å². The van der Waals surface area contributed by atoms with E-state index in [-0.39, 0.29) is 57.8 Å². The first-order valence-corrected chi connectivity index (χ1v) is 13.0. The summed E-state index contributed by atoms with van der Waals surface area (Å²) < 4.78 is 64.8. The Bertz CT molecular complexity index is 1900. The largest absolute Gasteiger partial charge is 0.506 e. The molecular weight excluding hydrogens is 581 g/mol. The van der Waals surface area contributed by atoms with Crippen LogP contribution in [-0.4, -0.2) is 47.3 Å². The first-order chi connectivity index (χ1) is 21.1. The molecule has 5 rings (SSSR count). The minimum Gasteiger partial charge on any atom is -0.506 e. The van der Waals surface area contributed by atoms with Crippen molar-refractivity contribution in [2.24, 2.45) is 0 Å². The Morgan fingerprint density at radius 2 is 1.70 bits per heavy atom. The first-order valence-electron chi connectivity index (χ1n) is 13.0. The summed E-state index contributed by atoms with van der Waals surface area (Å²) in [6.45, 7) is 1.33. The molecule has 13 heteroatoms. The van der Waals surface area contributed by atoms with Crippen molar-refractivity contribution in [2.45, 2.75) is 13.5 Å². The minimum atomic E-state index is -0.955. The number of aromatic hydroxyl groups is 1. The SMILES string of the molecule is COCc1nc(C)c(-c2ccc(F)cc2F)c(O)c1C(=O)Nc1ccc(Oc2ccnc3cc(OC)c(OC)nc23)c(F)c1. The Morgan fingerprint density at radius 1 is 0.909 bits per heavy atom. The third-order valence-corrected chi connectivity index (χ3v) is 6.57. The maximum Gasteiger partial charge on any atom is 0.261 e. The normalized spacial score (nSPS) is 11.0. The number of aromatic nitrogens is 3. The van der Waals surface area contributed by atoms with Crippen LogP contribution >= 0.6 is 0 Å². The van der Waals surface area contributed by atoms with E-state index in [2.05, 4.69) is 20.3 Å². The van der Waals surface area contributed by atoms with Gasteiger partial charge in [0.05, 0.1) is 32.0 Å². The number of amides is 1. The summed E-state index contributed by atoms with van der Waals surface area (Å²) in [5.41, 5.74) is 0.376. The first kappa shape index (κ1) is 30.0. The van der Waals surface area contributed by atoms with Gasteiger partial charge in [0.25, 0.3) is 11.8 Å². The Kier molecular flexibility index (Phi) is 8.49. The number of rotatable bonds is 9. The molecule has 2 aromatic carbocycles. The van der Waals surface area contributed by atoms with Crippen LogP contribution in [0.4, 0.5) is 18.9 Å². The number of nitrogens with zero attached hydrogens (tertiary/aromatic N) is 3. The van der Waals surface area contributed by atoms with Crippen molar-refractivity contribution < 1.29 is 42.0 Å². The Morgan fingerprint density at radius 3 is 2.39 bits per heavy atom. The van der Waals surface area contributed by atoms with Crippen LogP contribution < -0.4 is 19.5 Å². The second kappa shape index (κ2) is 12.4. The Hall–Kier alpha value is -5.43. The number of hydrogen-bond donors (Lipinski definition) is 2. The van der Waals surface area contributed by atoms with Gasteiger partial charge in [-0.3, -0.25) is 14.8 Å². The van der Waals surface area contributed by atoms with Gasteiger partial charge in [0.1, 0.15) is 28.5 Å². The van der Waals surface area contributed by atoms with E-state index < -0.39 is 29.1 Å². The number of fused-ring (bicyclic) bond motifs is 1. The molecule has 10 nitrogen and oxygen atoms in total. The summed E-state index contributed by atoms with van der Waals surface area (Å²) in [5, 5.41) is 13.7. The predicted molar refractivity (Wildman–Crippen MR) is 154 cm³/mol. The van der Waals surface area contributed by atoms with Gasteiger partial charge >= 0.3 is 0 Å². The average molecular weight is 607 g/mol. The molecule has 3 aromatic heterocycles. The zero-order valence-electron chi connectivity index (χ0n) is 23.9. The minimum absolute atomic E-state index is 0.0156. The van der Waals surface area contributed by atoms with Gasteiger partial charge in [-0.05, 0) is 31.2 Å². The number of aryl methyl sites for hydroxylation is 1. The van der Waals surface area contributed by atoms with Gasteiger partial charge in [-0.15, -0.1) is 0 Å². The number of carbonyl (C=O) groups excluding carboxylic acids is 1. The van der Waals surface area contributed by atoms with Crippen molar-refractivity contribution in [2.75, 3.05) is 26.6 Å². The number of methoxy groups -OCH3 is 3. The van der Waals surface area contributed by atoms with E-state index in [0.717, 1.165) is 18.2 Å². The van der Waals surface area contributed by atoms with Gasteiger partial charge in [-0.1, -0.05) is 0 Å². The molecule has 0 bridgehead atoms. The number of carbonyl (C=O) groups is 1. The molecule has 2 N–H and O–H groups in total. The highest BCUT2D eigenvalue weighted by molar-refractivity contribution is 6.08. The van der Waals surface area contributed by atoms with E-state index in [0.29, 0.717) is 22.8 Å². The van der Waals surface area contributed by atoms with Gasteiger partial charge in [0.15, 0.2) is 23.1 Å². The molecule has 44 heavy (non-hydrogen) atoms. The fourth-order valence-electron chi connectivity index (χ4n) is 4.60. The number of anilines is 1. The van der Waals surface area contributed by atoms with Crippen molar-refractivity contribution in [3.63, 3.8) is 0 Å². The summed E-state index contributed by atoms with van der Waals surface area (Å²) >= 11 is 0. The number of nitrogens with one attached hydrogen (secondary N) is 1. The molecular formula is C31H25F3N4O6. The van der Waals surface area contributed by atoms with Crippen LogP contribution in [0.15, 0.2) is 54.7 Å². The molecule has 0 radical (unpaired) electrons. The zero-order valence-corrected chi connectivity index (χ0v) is 23.9. The topological polar surface area (TPSA) is 125 Å². The van der Waals surface area contributed by atoms with Crippen molar-refractivity contribution in [1.29, 1.82) is 0 Å². The predicted octanol–water partition coefficient (Wildman–Crippen LogP) is 6.33. The van der Waals surface area contributed by atoms with Crippen molar-refractivity contribution in [3.8, 4) is 40.0 Å². The third kappa shape index (κ3) is 5.77. The van der Waals surface area contributed by atoms with E-state index in [4.69, 9.17) is 18.9 Å². The lowest BCUT2D eigenvalue weighted by atomic mass is 9.98. The van der Waals surface area contributed by atoms with Crippen molar-refractivity contribution in [3.05, 3.63) is 89.1 Å². The van der Waals surface area contributed by atoms with E-state index in [1.165, 1.54) is 52.6 Å². The lowest BCUT2D eigenvalue weighted by molar-refractivity contribution is 0.101. The van der Waals surface area contributed by atoms with E-state index in [9.17, 15) is 18.7 Å². The van der Waals surface area contributed by atoms with Crippen LogP contribution in [0, 0.1) is 24.4 Å². The highest BCUT2D eigenvalue weighted by atomic mass is 19.1. The molecule has 0 spiro atoms. The quantitative estimate of drug-likeness (QED) is 0.198. The molecule has 0 unspecified atom stereocenters. The third-order valence-electron chi connectivity index (χ3n) is 6.57. The van der Waals surface area contributed by atoms with Gasteiger partial charge in [-0.2, -0.15) is 0 Å². The summed E-state index contributed by atoms with van der Waals surface area (Å²) in [6, 6.07) is 9.60. The van der Waals surface area contributed by atoms with Gasteiger partial charge in [0, 0.05) is 60.1 Å². The van der Waals surface area contributed by atoms with E-state index in [1.54, 1.807) is 6.07 Å². The number of hydrogen-bond acceptors (Lipinski definition) is 9.